The molecule has 0 fully saturated rings. The highest BCUT2D eigenvalue weighted by atomic mass is 35.5. The Labute approximate surface area is 292 Å². The van der Waals surface area contributed by atoms with Gasteiger partial charge in [-0.05, 0) is 57.4 Å². The molecule has 254 valence electrons. The predicted octanol–water partition coefficient (Wildman–Crippen LogP) is 7.35. The Kier molecular flexibility index (Phi) is 13.4. The monoisotopic (exact) mass is 728 g/mol. The molecule has 1 heterocycles. The Morgan fingerprint density at radius 3 is 2.21 bits per heavy atom. The second kappa shape index (κ2) is 16.5. The average molecular weight is 730 g/mol. The van der Waals surface area contributed by atoms with E-state index in [0.717, 1.165) is 0 Å². The van der Waals surface area contributed by atoms with Gasteiger partial charge in [0.1, 0.15) is 17.3 Å². The van der Waals surface area contributed by atoms with E-state index in [1.54, 1.807) is 69.3 Å². The third-order valence-electron chi connectivity index (χ3n) is 6.79. The number of halogens is 4. The Bertz CT molecular complexity index is 1570. The highest BCUT2D eigenvalue weighted by Crippen LogP contribution is 2.36. The second-order valence-corrected chi connectivity index (χ2v) is 13.9. The molecule has 3 amide bonds. The summed E-state index contributed by atoms with van der Waals surface area (Å²) >= 11 is 24.8. The molecule has 15 heteroatoms. The Morgan fingerprint density at radius 1 is 1.00 bits per heavy atom. The van der Waals surface area contributed by atoms with Crippen LogP contribution in [0.4, 0.5) is 10.5 Å². The highest BCUT2D eigenvalue weighted by Gasteiger charge is 2.31. The average Bonchev–Trinajstić information content (AvgIpc) is 3.45. The first kappa shape index (κ1) is 37.9. The van der Waals surface area contributed by atoms with Crippen molar-refractivity contribution in [3.63, 3.8) is 0 Å². The molecule has 3 rings (SSSR count). The number of alkyl halides is 2. The molecular formula is C32H36Cl4N4O7. The van der Waals surface area contributed by atoms with Gasteiger partial charge in [-0.1, -0.05) is 83.6 Å². The fourth-order valence-corrected chi connectivity index (χ4v) is 5.26. The molecule has 1 unspecified atom stereocenters. The summed E-state index contributed by atoms with van der Waals surface area (Å²) in [7, 11) is 0. The van der Waals surface area contributed by atoms with Crippen molar-refractivity contribution in [1.82, 2.24) is 15.8 Å². The number of nitrogens with one attached hydrogen (secondary N) is 2. The van der Waals surface area contributed by atoms with Gasteiger partial charge >= 0.3 is 12.1 Å². The highest BCUT2D eigenvalue weighted by molar-refractivity contribution is 6.54. The smallest absolute Gasteiger partial charge is 0.408 e. The first-order chi connectivity index (χ1) is 22.0. The van der Waals surface area contributed by atoms with Gasteiger partial charge in [-0.3, -0.25) is 14.4 Å². The van der Waals surface area contributed by atoms with E-state index in [9.17, 15) is 24.3 Å². The van der Waals surface area contributed by atoms with E-state index in [1.165, 1.54) is 4.90 Å². The van der Waals surface area contributed by atoms with Crippen molar-refractivity contribution in [2.24, 2.45) is 5.92 Å². The van der Waals surface area contributed by atoms with E-state index in [2.05, 4.69) is 15.8 Å². The van der Waals surface area contributed by atoms with Crippen LogP contribution in [0.3, 0.4) is 0 Å². The SMILES string of the molecule is CC(C)[C@@H](CN(C(=O)C(Cl)Cl)c1cccc(-c2cc(-c3c(Cl)cccc3Cl)no2)c1)NC(=O)C(CCC(=O)O)NC(=O)OC(C)(C)C. The number of amides is 3. The minimum atomic E-state index is -1.43. The van der Waals surface area contributed by atoms with E-state index < -0.39 is 46.4 Å². The fourth-order valence-electron chi connectivity index (χ4n) is 4.43. The maximum atomic E-state index is 13.4. The summed E-state index contributed by atoms with van der Waals surface area (Å²) in [5.41, 5.74) is 1.02. The van der Waals surface area contributed by atoms with Gasteiger partial charge in [0, 0.05) is 41.9 Å². The van der Waals surface area contributed by atoms with Gasteiger partial charge in [0.15, 0.2) is 10.6 Å². The number of rotatable bonds is 13. The summed E-state index contributed by atoms with van der Waals surface area (Å²) in [4.78, 5) is 50.4. The van der Waals surface area contributed by atoms with Crippen LogP contribution in [-0.2, 0) is 19.1 Å². The van der Waals surface area contributed by atoms with Crippen molar-refractivity contribution in [3.8, 4) is 22.6 Å². The van der Waals surface area contributed by atoms with Crippen LogP contribution in [0.15, 0.2) is 53.1 Å². The normalized spacial score (nSPS) is 12.8. The minimum absolute atomic E-state index is 0.0728. The number of ether oxygens (including phenoxy) is 1. The Morgan fingerprint density at radius 2 is 1.64 bits per heavy atom. The summed E-state index contributed by atoms with van der Waals surface area (Å²) in [5.74, 6) is -2.32. The number of carbonyl (C=O) groups excluding carboxylic acids is 3. The molecule has 0 aliphatic rings. The molecule has 0 saturated heterocycles. The van der Waals surface area contributed by atoms with E-state index in [-0.39, 0.29) is 25.3 Å². The predicted molar refractivity (Wildman–Crippen MR) is 182 cm³/mol. The van der Waals surface area contributed by atoms with Gasteiger partial charge < -0.3 is 29.9 Å². The lowest BCUT2D eigenvalue weighted by Gasteiger charge is -2.32. The summed E-state index contributed by atoms with van der Waals surface area (Å²) < 4.78 is 10.9. The molecule has 11 nitrogen and oxygen atoms in total. The zero-order valence-corrected chi connectivity index (χ0v) is 29.4. The topological polar surface area (TPSA) is 151 Å². The van der Waals surface area contributed by atoms with E-state index in [1.807, 2.05) is 13.8 Å². The summed E-state index contributed by atoms with van der Waals surface area (Å²) in [6.07, 6.45) is -1.46. The van der Waals surface area contributed by atoms with Crippen LogP contribution in [-0.4, -0.2) is 63.2 Å². The number of hydrogen-bond donors (Lipinski definition) is 3. The van der Waals surface area contributed by atoms with Crippen molar-refractivity contribution in [3.05, 3.63) is 58.6 Å². The van der Waals surface area contributed by atoms with Crippen molar-refractivity contribution in [2.75, 3.05) is 11.4 Å². The number of anilines is 1. The Hall–Kier alpha value is -3.51. The van der Waals surface area contributed by atoms with Crippen molar-refractivity contribution < 1.29 is 33.5 Å². The fraction of sp³-hybridized carbons (Fsp3) is 0.406. The number of alkyl carbamates (subject to hydrolysis) is 1. The third kappa shape index (κ3) is 11.0. The molecule has 2 aromatic carbocycles. The molecule has 0 aliphatic carbocycles. The molecule has 0 saturated carbocycles. The number of hydrogen-bond acceptors (Lipinski definition) is 7. The van der Waals surface area contributed by atoms with Crippen molar-refractivity contribution >= 4 is 76.0 Å². The quantitative estimate of drug-likeness (QED) is 0.155. The number of nitrogens with zero attached hydrogens (tertiary/aromatic N) is 2. The van der Waals surface area contributed by atoms with Crippen LogP contribution in [0, 0.1) is 5.92 Å². The van der Waals surface area contributed by atoms with Gasteiger partial charge in [-0.2, -0.15) is 0 Å². The molecule has 3 aromatic rings. The van der Waals surface area contributed by atoms with Crippen LogP contribution in [0.2, 0.25) is 10.0 Å². The summed E-state index contributed by atoms with van der Waals surface area (Å²) in [6.45, 7) is 8.55. The molecule has 47 heavy (non-hydrogen) atoms. The lowest BCUT2D eigenvalue weighted by Crippen LogP contribution is -2.55. The molecule has 1 aromatic heterocycles. The van der Waals surface area contributed by atoms with Crippen molar-refractivity contribution in [2.45, 2.75) is 70.0 Å². The summed E-state index contributed by atoms with van der Waals surface area (Å²) in [6, 6.07) is 11.6. The standard InChI is InChI=1S/C32H36Cl4N4O7/c1-17(2)24(37-29(43)22(12-13-26(41)42)38-31(45)46-32(3,4)5)16-40(30(44)28(35)36)19-9-6-8-18(14-19)25-15-23(39-47-25)27-20(33)10-7-11-21(27)34/h6-11,14-15,17,22,24,28H,12-13,16H2,1-5H3,(H,37,43)(H,38,45)(H,41,42)/t22?,24-/m1/s1. The first-order valence-corrected chi connectivity index (χ1v) is 16.2. The lowest BCUT2D eigenvalue weighted by atomic mass is 10.0. The van der Waals surface area contributed by atoms with Crippen LogP contribution in [0.25, 0.3) is 22.6 Å². The van der Waals surface area contributed by atoms with Gasteiger partial charge in [0.25, 0.3) is 5.91 Å². The zero-order chi connectivity index (χ0) is 35.1. The van der Waals surface area contributed by atoms with E-state index >= 15 is 0 Å². The zero-order valence-electron chi connectivity index (χ0n) is 26.4. The number of aromatic nitrogens is 1. The molecule has 3 N–H and O–H groups in total. The number of aliphatic carboxylic acids is 1. The van der Waals surface area contributed by atoms with Crippen LogP contribution < -0.4 is 15.5 Å². The number of benzene rings is 2. The molecule has 0 bridgehead atoms. The van der Waals surface area contributed by atoms with E-state index in [4.69, 9.17) is 55.7 Å². The third-order valence-corrected chi connectivity index (χ3v) is 7.79. The molecule has 0 aliphatic heterocycles. The van der Waals surface area contributed by atoms with Gasteiger partial charge in [0.2, 0.25) is 5.91 Å². The van der Waals surface area contributed by atoms with Gasteiger partial charge in [-0.15, -0.1) is 0 Å². The van der Waals surface area contributed by atoms with Crippen LogP contribution >= 0.6 is 46.4 Å². The van der Waals surface area contributed by atoms with E-state index in [0.29, 0.717) is 38.3 Å². The number of carboxylic acid groups (broad SMARTS) is 1. The second-order valence-electron chi connectivity index (χ2n) is 12.0. The molecule has 2 atom stereocenters. The van der Waals surface area contributed by atoms with Gasteiger partial charge in [-0.25, -0.2) is 4.79 Å². The lowest BCUT2D eigenvalue weighted by molar-refractivity contribution is -0.137. The molecule has 0 spiro atoms. The van der Waals surface area contributed by atoms with Gasteiger partial charge in [0.05, 0.1) is 10.0 Å². The minimum Gasteiger partial charge on any atom is -0.481 e. The maximum Gasteiger partial charge on any atom is 0.408 e. The largest absolute Gasteiger partial charge is 0.481 e. The Balaban J connectivity index is 1.90. The van der Waals surface area contributed by atoms with Crippen LogP contribution in [0.5, 0.6) is 0 Å². The molecule has 0 radical (unpaired) electrons. The number of carboxylic acids is 1. The summed E-state index contributed by atoms with van der Waals surface area (Å²) in [5, 5.41) is 19.4. The van der Waals surface area contributed by atoms with Crippen molar-refractivity contribution in [1.29, 1.82) is 0 Å². The number of carbonyl (C=O) groups is 4. The maximum absolute atomic E-state index is 13.4. The molecular weight excluding hydrogens is 694 g/mol. The first-order valence-electron chi connectivity index (χ1n) is 14.6. The van der Waals surface area contributed by atoms with Crippen LogP contribution in [0.1, 0.15) is 47.5 Å².